The van der Waals surface area contributed by atoms with Gasteiger partial charge in [0.15, 0.2) is 5.82 Å². The molecule has 76 valence electrons. The maximum Gasteiger partial charge on any atom is 0.152 e. The molecule has 0 saturated carbocycles. The van der Waals surface area contributed by atoms with Gasteiger partial charge in [0.05, 0.1) is 12.0 Å². The second-order valence-electron chi connectivity index (χ2n) is 3.15. The Morgan fingerprint density at radius 2 is 2.07 bits per heavy atom. The van der Waals surface area contributed by atoms with Gasteiger partial charge in [-0.25, -0.2) is 0 Å². The molecule has 0 saturated heterocycles. The highest BCUT2D eigenvalue weighted by molar-refractivity contribution is 7.79. The molecule has 0 bridgehead atoms. The third kappa shape index (κ3) is 2.63. The topological polar surface area (TPSA) is 29.9 Å². The van der Waals surface area contributed by atoms with Crippen molar-refractivity contribution in [2.45, 2.75) is 6.54 Å². The summed E-state index contributed by atoms with van der Waals surface area (Å²) in [5.74, 6) is 0.779. The van der Waals surface area contributed by atoms with Crippen molar-refractivity contribution in [2.24, 2.45) is 0 Å². The molecule has 0 spiro atoms. The molecule has 0 amide bonds. The minimum atomic E-state index is 0.778. The van der Waals surface area contributed by atoms with Crippen LogP contribution in [0.5, 0.6) is 0 Å². The molecule has 2 aromatic rings. The molecule has 0 fully saturated rings. The van der Waals surface area contributed by atoms with Gasteiger partial charge >= 0.3 is 0 Å². The zero-order valence-corrected chi connectivity index (χ0v) is 8.95. The summed E-state index contributed by atoms with van der Waals surface area (Å²) in [6.45, 7) is 0.778. The lowest BCUT2D eigenvalue weighted by Gasteiger charge is -2.00. The molecule has 0 aliphatic carbocycles. The highest BCUT2D eigenvalue weighted by Gasteiger charge is 1.97. The highest BCUT2D eigenvalue weighted by atomic mass is 32.1. The zero-order valence-electron chi connectivity index (χ0n) is 8.13. The van der Waals surface area contributed by atoms with Crippen molar-refractivity contribution in [2.75, 3.05) is 5.32 Å². The first-order chi connectivity index (χ1) is 7.38. The molecule has 0 atom stereocenters. The molecule has 0 unspecified atom stereocenters. The van der Waals surface area contributed by atoms with Gasteiger partial charge in [-0.1, -0.05) is 42.5 Å². The van der Waals surface area contributed by atoms with E-state index in [2.05, 4.69) is 34.8 Å². The van der Waals surface area contributed by atoms with Gasteiger partial charge in [0.2, 0.25) is 0 Å². The Labute approximate surface area is 93.7 Å². The summed E-state index contributed by atoms with van der Waals surface area (Å²) < 4.78 is 1.87. The predicted molar refractivity (Wildman–Crippen MR) is 65.0 cm³/mol. The van der Waals surface area contributed by atoms with Gasteiger partial charge in [-0.15, -0.1) is 0 Å². The Hall–Kier alpha value is -1.68. The number of rotatable bonds is 4. The first-order valence-electron chi connectivity index (χ1n) is 4.66. The lowest BCUT2D eigenvalue weighted by atomic mass is 10.2. The van der Waals surface area contributed by atoms with Crippen molar-refractivity contribution >= 4 is 23.5 Å². The summed E-state index contributed by atoms with van der Waals surface area (Å²) in [7, 11) is 0. The molecule has 2 rings (SSSR count). The van der Waals surface area contributed by atoms with E-state index < -0.39 is 0 Å². The Balaban J connectivity index is 2.08. The first-order valence-corrected chi connectivity index (χ1v) is 5.13. The number of benzene rings is 1. The molecule has 1 heterocycles. The summed E-state index contributed by atoms with van der Waals surface area (Å²) in [6, 6.07) is 12.1. The molecule has 0 aliphatic rings. The second-order valence-corrected chi connectivity index (χ2v) is 3.38. The predicted octanol–water partition coefficient (Wildman–Crippen LogP) is 2.30. The largest absolute Gasteiger partial charge is 0.336 e. The fourth-order valence-electron chi connectivity index (χ4n) is 1.36. The molecule has 15 heavy (non-hydrogen) atoms. The summed E-state index contributed by atoms with van der Waals surface area (Å²) in [6.07, 6.45) is 1.92. The molecule has 0 radical (unpaired) electrons. The summed E-state index contributed by atoms with van der Waals surface area (Å²) in [5, 5.41) is 7.17. The van der Waals surface area contributed by atoms with E-state index in [0.29, 0.717) is 0 Å². The van der Waals surface area contributed by atoms with Crippen LogP contribution >= 0.6 is 12.2 Å². The van der Waals surface area contributed by atoms with Gasteiger partial charge in [0.25, 0.3) is 0 Å². The van der Waals surface area contributed by atoms with E-state index in [1.165, 1.54) is 11.1 Å². The monoisotopic (exact) mass is 217 g/mol. The van der Waals surface area contributed by atoms with Crippen molar-refractivity contribution < 1.29 is 0 Å². The molecular weight excluding hydrogens is 206 g/mol. The lowest BCUT2D eigenvalue weighted by molar-refractivity contribution is 0.690. The van der Waals surface area contributed by atoms with Crippen LogP contribution in [-0.2, 0) is 6.54 Å². The number of hydrogen-bond donors (Lipinski definition) is 1. The molecule has 4 heteroatoms. The van der Waals surface area contributed by atoms with Crippen LogP contribution in [0.15, 0.2) is 42.6 Å². The van der Waals surface area contributed by atoms with E-state index in [0.717, 1.165) is 12.4 Å². The van der Waals surface area contributed by atoms with E-state index >= 15 is 0 Å². The number of nitrogens with one attached hydrogen (secondary N) is 1. The Kier molecular flexibility index (Phi) is 3.09. The van der Waals surface area contributed by atoms with Crippen LogP contribution in [-0.4, -0.2) is 15.3 Å². The first kappa shape index (κ1) is 9.86. The molecule has 0 aliphatic heterocycles. The van der Waals surface area contributed by atoms with Gasteiger partial charge in [0, 0.05) is 12.3 Å². The third-order valence-electron chi connectivity index (χ3n) is 2.03. The Bertz CT molecular complexity index is 436. The standard InChI is InChI=1S/C11H11N3S/c15-9-12-11-6-7-14(13-11)8-10-4-2-1-3-5-10/h1-7,9H,8H2,(H,12,13,15). The van der Waals surface area contributed by atoms with Crippen molar-refractivity contribution in [1.29, 1.82) is 0 Å². The van der Waals surface area contributed by atoms with Crippen LogP contribution in [0.1, 0.15) is 5.56 Å². The molecule has 1 aromatic carbocycles. The number of aromatic nitrogens is 2. The Morgan fingerprint density at radius 3 is 2.80 bits per heavy atom. The van der Waals surface area contributed by atoms with Crippen LogP contribution in [0.2, 0.25) is 0 Å². The van der Waals surface area contributed by atoms with Gasteiger partial charge in [0.1, 0.15) is 0 Å². The van der Waals surface area contributed by atoms with Gasteiger partial charge in [-0.05, 0) is 5.56 Å². The molecule has 3 nitrogen and oxygen atoms in total. The average molecular weight is 217 g/mol. The highest BCUT2D eigenvalue weighted by Crippen LogP contribution is 2.05. The van der Waals surface area contributed by atoms with E-state index in [1.807, 2.05) is 35.1 Å². The van der Waals surface area contributed by atoms with Gasteiger partial charge in [-0.3, -0.25) is 4.68 Å². The van der Waals surface area contributed by atoms with Crippen LogP contribution in [0.3, 0.4) is 0 Å². The van der Waals surface area contributed by atoms with Crippen molar-refractivity contribution in [3.8, 4) is 0 Å². The fourth-order valence-corrected chi connectivity index (χ4v) is 1.48. The molecule has 1 aromatic heterocycles. The average Bonchev–Trinajstić information content (AvgIpc) is 2.68. The van der Waals surface area contributed by atoms with Crippen molar-refractivity contribution in [1.82, 2.24) is 9.78 Å². The fraction of sp³-hybridized carbons (Fsp3) is 0.0909. The normalized spacial score (nSPS) is 9.87. The zero-order chi connectivity index (χ0) is 10.5. The van der Waals surface area contributed by atoms with E-state index in [-0.39, 0.29) is 0 Å². The van der Waals surface area contributed by atoms with E-state index in [4.69, 9.17) is 0 Å². The van der Waals surface area contributed by atoms with Crippen molar-refractivity contribution in [3.05, 3.63) is 48.2 Å². The maximum absolute atomic E-state index is 4.69. The van der Waals surface area contributed by atoms with Gasteiger partial charge < -0.3 is 5.32 Å². The van der Waals surface area contributed by atoms with Crippen LogP contribution in [0.4, 0.5) is 5.82 Å². The Morgan fingerprint density at radius 1 is 1.27 bits per heavy atom. The minimum absolute atomic E-state index is 0.778. The maximum atomic E-state index is 4.69. The van der Waals surface area contributed by atoms with Crippen LogP contribution < -0.4 is 5.32 Å². The van der Waals surface area contributed by atoms with E-state index in [1.54, 1.807) is 0 Å². The number of nitrogens with zero attached hydrogens (tertiary/aromatic N) is 2. The van der Waals surface area contributed by atoms with Crippen LogP contribution in [0.25, 0.3) is 0 Å². The smallest absolute Gasteiger partial charge is 0.152 e. The lowest BCUT2D eigenvalue weighted by Crippen LogP contribution is -2.01. The second kappa shape index (κ2) is 4.70. The van der Waals surface area contributed by atoms with Crippen molar-refractivity contribution in [3.63, 3.8) is 0 Å². The third-order valence-corrected chi connectivity index (χ3v) is 2.15. The van der Waals surface area contributed by atoms with Crippen LogP contribution in [0, 0.1) is 0 Å². The van der Waals surface area contributed by atoms with E-state index in [9.17, 15) is 0 Å². The SMILES string of the molecule is S=CNc1ccn(Cc2ccccc2)n1. The minimum Gasteiger partial charge on any atom is -0.336 e. The summed E-state index contributed by atoms with van der Waals surface area (Å²) >= 11 is 4.69. The molecule has 1 N–H and O–H groups in total. The molecular formula is C11H11N3S. The summed E-state index contributed by atoms with van der Waals surface area (Å²) in [4.78, 5) is 0. The summed E-state index contributed by atoms with van der Waals surface area (Å²) in [5.41, 5.74) is 2.68. The number of thiocarbonyl (C=S) groups is 1. The number of anilines is 1. The number of hydrogen-bond acceptors (Lipinski definition) is 2. The van der Waals surface area contributed by atoms with Gasteiger partial charge in [-0.2, -0.15) is 5.10 Å². The quantitative estimate of drug-likeness (QED) is 0.797.